The van der Waals surface area contributed by atoms with E-state index in [1.165, 1.54) is 30.6 Å². The number of hydrogen-bond donors (Lipinski definition) is 2. The van der Waals surface area contributed by atoms with Gasteiger partial charge in [0.2, 0.25) is 0 Å². The second-order valence-corrected chi connectivity index (χ2v) is 13.3. The monoisotopic (exact) mass is 662 g/mol. The van der Waals surface area contributed by atoms with Crippen molar-refractivity contribution in [3.63, 3.8) is 0 Å². The molecule has 2 N–H and O–H groups in total. The number of rotatable bonds is 8. The third-order valence-corrected chi connectivity index (χ3v) is 9.33. The molecule has 1 aromatic carbocycles. The van der Waals surface area contributed by atoms with Crippen LogP contribution in [-0.4, -0.2) is 101 Å². The molecule has 3 aliphatic heterocycles. The lowest BCUT2D eigenvalue weighted by Crippen LogP contribution is -2.60. The minimum atomic E-state index is -1.08. The Kier molecular flexibility index (Phi) is 8.16. The van der Waals surface area contributed by atoms with Crippen molar-refractivity contribution in [1.29, 1.82) is 0 Å². The molecule has 0 saturated carbocycles. The van der Waals surface area contributed by atoms with Crippen LogP contribution in [0.5, 0.6) is 0 Å². The molecule has 2 saturated heterocycles. The van der Waals surface area contributed by atoms with Gasteiger partial charge in [0, 0.05) is 61.0 Å². The van der Waals surface area contributed by atoms with Crippen LogP contribution >= 0.6 is 27.3 Å². The zero-order valence-electron chi connectivity index (χ0n) is 23.7. The third kappa shape index (κ3) is 5.66. The van der Waals surface area contributed by atoms with Gasteiger partial charge >= 0.3 is 18.0 Å². The molecule has 0 spiro atoms. The number of carboxylic acids is 1. The zero-order valence-corrected chi connectivity index (χ0v) is 26.1. The summed E-state index contributed by atoms with van der Waals surface area (Å²) in [6.07, 6.45) is 1.67. The van der Waals surface area contributed by atoms with E-state index in [9.17, 15) is 23.9 Å². The van der Waals surface area contributed by atoms with E-state index >= 15 is 0 Å². The average molecular weight is 664 g/mol. The van der Waals surface area contributed by atoms with Gasteiger partial charge < -0.3 is 25.0 Å². The summed E-state index contributed by atoms with van der Waals surface area (Å²) < 4.78 is 19.7. The molecular formula is C28H32BrFN6O5S. The number of carboxylic acid groups (broad SMARTS) is 1. The highest BCUT2D eigenvalue weighted by Crippen LogP contribution is 2.38. The number of benzene rings is 1. The first-order chi connectivity index (χ1) is 19.8. The van der Waals surface area contributed by atoms with Crippen molar-refractivity contribution in [2.24, 2.45) is 10.4 Å². The number of amides is 2. The number of fused-ring (bicyclic) bond motifs is 1. The molecule has 2 fully saturated rings. The maximum atomic E-state index is 14.0. The zero-order chi connectivity index (χ0) is 30.4. The number of carbonyl (C=O) groups excluding carboxylic acids is 2. The van der Waals surface area contributed by atoms with Gasteiger partial charge in [-0.1, -0.05) is 22.0 Å². The van der Waals surface area contributed by atoms with E-state index in [0.717, 1.165) is 0 Å². The molecule has 3 aliphatic rings. The maximum Gasteiger partial charge on any atom is 0.338 e. The number of esters is 1. The first kappa shape index (κ1) is 30.1. The number of amidine groups is 1. The van der Waals surface area contributed by atoms with Crippen LogP contribution in [0.2, 0.25) is 0 Å². The van der Waals surface area contributed by atoms with Crippen LogP contribution in [0.1, 0.15) is 37.4 Å². The van der Waals surface area contributed by atoms with Crippen LogP contribution in [0, 0.1) is 11.2 Å². The number of piperazine rings is 1. The third-order valence-electron chi connectivity index (χ3n) is 7.86. The van der Waals surface area contributed by atoms with E-state index in [-0.39, 0.29) is 12.6 Å². The maximum absolute atomic E-state index is 14.0. The van der Waals surface area contributed by atoms with Crippen molar-refractivity contribution in [2.45, 2.75) is 32.4 Å². The standard InChI is InChI=1S/C28H32BrFN6O5S/c1-27(2,25(38)39)13-35-15-28(3)14-34(8-9-36(28)26(35)40)12-19-20(24(37)41-4)21(17-6-5-16(30)11-18(17)29)33-22(32-19)23-31-7-10-42-23/h5-7,10-11,21H,8-9,12-15H2,1-4H3,(H,32,33)(H,38,39)/t21-,28-/m0/s1. The van der Waals surface area contributed by atoms with Gasteiger partial charge in [-0.15, -0.1) is 11.3 Å². The lowest BCUT2D eigenvalue weighted by molar-refractivity contribution is -0.147. The number of hydrogen-bond acceptors (Lipinski definition) is 9. The lowest BCUT2D eigenvalue weighted by Gasteiger charge is -2.44. The second-order valence-electron chi connectivity index (χ2n) is 11.6. The largest absolute Gasteiger partial charge is 0.481 e. The molecule has 224 valence electrons. The minimum absolute atomic E-state index is 0.105. The number of nitrogens with one attached hydrogen (secondary N) is 1. The summed E-state index contributed by atoms with van der Waals surface area (Å²) in [6, 6.07) is 3.29. The van der Waals surface area contributed by atoms with E-state index in [4.69, 9.17) is 9.73 Å². The van der Waals surface area contributed by atoms with E-state index in [0.29, 0.717) is 64.9 Å². The van der Waals surface area contributed by atoms with Gasteiger partial charge in [-0.2, -0.15) is 0 Å². The predicted octanol–water partition coefficient (Wildman–Crippen LogP) is 3.49. The van der Waals surface area contributed by atoms with Crippen molar-refractivity contribution >= 4 is 51.1 Å². The molecule has 4 heterocycles. The summed E-state index contributed by atoms with van der Waals surface area (Å²) in [5.74, 6) is -1.47. The van der Waals surface area contributed by atoms with Gasteiger partial charge in [0.1, 0.15) is 11.9 Å². The van der Waals surface area contributed by atoms with Crippen LogP contribution in [0.15, 0.2) is 50.5 Å². The highest BCUT2D eigenvalue weighted by atomic mass is 79.9. The van der Waals surface area contributed by atoms with Gasteiger partial charge in [-0.25, -0.2) is 19.0 Å². The molecule has 1 aromatic heterocycles. The Balaban J connectivity index is 1.47. The van der Waals surface area contributed by atoms with Crippen molar-refractivity contribution in [3.05, 3.63) is 61.9 Å². The quantitative estimate of drug-likeness (QED) is 0.412. The fourth-order valence-electron chi connectivity index (χ4n) is 5.76. The highest BCUT2D eigenvalue weighted by Gasteiger charge is 2.51. The Hall–Kier alpha value is -3.36. The fourth-order valence-corrected chi connectivity index (χ4v) is 6.92. The van der Waals surface area contributed by atoms with Gasteiger partial charge in [-0.3, -0.25) is 14.7 Å². The van der Waals surface area contributed by atoms with Crippen LogP contribution in [0.25, 0.3) is 0 Å². The van der Waals surface area contributed by atoms with Crippen molar-refractivity contribution in [3.8, 4) is 0 Å². The molecule has 14 heteroatoms. The van der Waals surface area contributed by atoms with Crippen LogP contribution in [0.3, 0.4) is 0 Å². The van der Waals surface area contributed by atoms with Gasteiger partial charge in [0.25, 0.3) is 0 Å². The Labute approximate surface area is 255 Å². The second kappa shape index (κ2) is 11.4. The molecule has 11 nitrogen and oxygen atoms in total. The first-order valence-electron chi connectivity index (χ1n) is 13.4. The topological polar surface area (TPSA) is 128 Å². The summed E-state index contributed by atoms with van der Waals surface area (Å²) in [6.45, 7) is 7.51. The number of methoxy groups -OCH3 is 1. The van der Waals surface area contributed by atoms with Crippen molar-refractivity contribution in [1.82, 2.24) is 25.0 Å². The molecule has 0 unspecified atom stereocenters. The molecule has 2 atom stereocenters. The smallest absolute Gasteiger partial charge is 0.338 e. The van der Waals surface area contributed by atoms with Gasteiger partial charge in [0.05, 0.1) is 23.6 Å². The molecule has 2 aromatic rings. The van der Waals surface area contributed by atoms with E-state index in [2.05, 4.69) is 31.1 Å². The number of ether oxygens (including phenoxy) is 1. The summed E-state index contributed by atoms with van der Waals surface area (Å²) >= 11 is 4.84. The lowest BCUT2D eigenvalue weighted by atomic mass is 9.92. The number of carbonyl (C=O) groups is 3. The molecule has 0 bridgehead atoms. The Morgan fingerprint density at radius 1 is 1.31 bits per heavy atom. The summed E-state index contributed by atoms with van der Waals surface area (Å²) in [4.78, 5) is 53.1. The molecule has 5 rings (SSSR count). The molecular weight excluding hydrogens is 631 g/mol. The normalized spacial score (nSPS) is 23.0. The number of aromatic nitrogens is 1. The number of halogens is 2. The van der Waals surface area contributed by atoms with E-state index < -0.39 is 34.8 Å². The van der Waals surface area contributed by atoms with Crippen molar-refractivity contribution in [2.75, 3.05) is 46.4 Å². The molecule has 0 aliphatic carbocycles. The Morgan fingerprint density at radius 3 is 2.71 bits per heavy atom. The van der Waals surface area contributed by atoms with E-state index in [1.807, 2.05) is 17.2 Å². The molecule has 0 radical (unpaired) electrons. The SMILES string of the molecule is COC(=O)C1=C(CN2CCN3C(=O)N(CC(C)(C)C(=O)O)C[C@]3(C)C2)NC(c2nccs2)=N[C@H]1c1ccc(F)cc1Br. The van der Waals surface area contributed by atoms with Crippen LogP contribution in [0.4, 0.5) is 9.18 Å². The predicted molar refractivity (Wildman–Crippen MR) is 158 cm³/mol. The first-order valence-corrected chi connectivity index (χ1v) is 15.0. The molecule has 42 heavy (non-hydrogen) atoms. The van der Waals surface area contributed by atoms with Crippen LogP contribution in [-0.2, 0) is 14.3 Å². The fraction of sp³-hybridized carbons (Fsp3) is 0.464. The minimum Gasteiger partial charge on any atom is -0.481 e. The average Bonchev–Trinajstić information content (AvgIpc) is 3.54. The summed E-state index contributed by atoms with van der Waals surface area (Å²) in [5, 5.41) is 15.4. The van der Waals surface area contributed by atoms with Gasteiger partial charge in [-0.05, 0) is 38.5 Å². The summed E-state index contributed by atoms with van der Waals surface area (Å²) in [5.41, 5.74) is -0.170. The van der Waals surface area contributed by atoms with Crippen LogP contribution < -0.4 is 5.32 Å². The number of aliphatic imine (C=N–C) groups is 1. The highest BCUT2D eigenvalue weighted by molar-refractivity contribution is 9.10. The Morgan fingerprint density at radius 2 is 2.07 bits per heavy atom. The summed E-state index contributed by atoms with van der Waals surface area (Å²) in [7, 11) is 1.31. The number of thiazole rings is 1. The molecule has 2 amide bonds. The van der Waals surface area contributed by atoms with E-state index in [1.54, 1.807) is 31.0 Å². The van der Waals surface area contributed by atoms with Gasteiger partial charge in [0.15, 0.2) is 10.8 Å². The Bertz CT molecular complexity index is 1480. The number of aliphatic carboxylic acids is 1. The number of nitrogens with zero attached hydrogens (tertiary/aromatic N) is 5. The van der Waals surface area contributed by atoms with Crippen molar-refractivity contribution < 1.29 is 28.6 Å². The number of urea groups is 1.